The number of ether oxygens (including phenoxy) is 1. The van der Waals surface area contributed by atoms with E-state index in [0.29, 0.717) is 21.9 Å². The Kier molecular flexibility index (Phi) is 4.24. The molecule has 0 radical (unpaired) electrons. The second-order valence-electron chi connectivity index (χ2n) is 6.29. The van der Waals surface area contributed by atoms with E-state index in [4.69, 9.17) is 16.3 Å². The lowest BCUT2D eigenvalue weighted by Gasteiger charge is -2.42. The minimum absolute atomic E-state index is 0.302. The van der Waals surface area contributed by atoms with Gasteiger partial charge >= 0.3 is 0 Å². The van der Waals surface area contributed by atoms with Crippen LogP contribution in [0.1, 0.15) is 35.8 Å². The van der Waals surface area contributed by atoms with Crippen LogP contribution in [0.25, 0.3) is 0 Å². The van der Waals surface area contributed by atoms with E-state index >= 15 is 0 Å². The number of hydrogen-bond acceptors (Lipinski definition) is 3. The lowest BCUT2D eigenvalue weighted by atomic mass is 9.86. The largest absolute Gasteiger partial charge is 0.485 e. The van der Waals surface area contributed by atoms with Crippen LogP contribution in [0.5, 0.6) is 5.75 Å². The van der Waals surface area contributed by atoms with Gasteiger partial charge in [-0.3, -0.25) is 4.79 Å². The predicted molar refractivity (Wildman–Crippen MR) is 88.8 cm³/mol. The minimum atomic E-state index is -0.979. The van der Waals surface area contributed by atoms with Crippen molar-refractivity contribution in [3.8, 4) is 5.75 Å². The van der Waals surface area contributed by atoms with Crippen molar-refractivity contribution in [3.05, 3.63) is 64.4 Å². The molecule has 1 aliphatic heterocycles. The molecule has 0 saturated heterocycles. The second-order valence-corrected chi connectivity index (χ2v) is 6.73. The van der Waals surface area contributed by atoms with Crippen LogP contribution in [0, 0.1) is 5.82 Å². The molecule has 0 bridgehead atoms. The second kappa shape index (κ2) is 6.07. The van der Waals surface area contributed by atoms with Crippen molar-refractivity contribution in [1.29, 1.82) is 0 Å². The Labute approximate surface area is 144 Å². The van der Waals surface area contributed by atoms with Crippen molar-refractivity contribution in [1.82, 2.24) is 5.32 Å². The molecule has 1 heterocycles. The molecule has 0 spiro atoms. The van der Waals surface area contributed by atoms with Crippen molar-refractivity contribution in [3.63, 3.8) is 0 Å². The van der Waals surface area contributed by atoms with Gasteiger partial charge in [-0.15, -0.1) is 0 Å². The molecular formula is C18H17ClFNO3. The number of aliphatic hydroxyl groups is 1. The van der Waals surface area contributed by atoms with Gasteiger partial charge in [0.25, 0.3) is 5.91 Å². The summed E-state index contributed by atoms with van der Waals surface area (Å²) in [7, 11) is 0. The summed E-state index contributed by atoms with van der Waals surface area (Å²) in [5.41, 5.74) is 0.0166. The van der Waals surface area contributed by atoms with Gasteiger partial charge in [0.1, 0.15) is 23.3 Å². The SMILES string of the molecule is CC1(C)Oc2ccc(Cl)cc2[C@@H](NC(=O)c2ccc(F)cc2)[C@@H]1O. The molecule has 0 fully saturated rings. The van der Waals surface area contributed by atoms with Crippen LogP contribution >= 0.6 is 11.6 Å². The Morgan fingerprint density at radius 2 is 1.92 bits per heavy atom. The van der Waals surface area contributed by atoms with Crippen molar-refractivity contribution in [2.45, 2.75) is 31.6 Å². The van der Waals surface area contributed by atoms with E-state index in [1.165, 1.54) is 24.3 Å². The van der Waals surface area contributed by atoms with Gasteiger partial charge in [0, 0.05) is 16.1 Å². The number of hydrogen-bond donors (Lipinski definition) is 2. The number of fused-ring (bicyclic) bond motifs is 1. The van der Waals surface area contributed by atoms with Crippen LogP contribution < -0.4 is 10.1 Å². The highest BCUT2D eigenvalue weighted by atomic mass is 35.5. The fourth-order valence-corrected chi connectivity index (χ4v) is 2.93. The lowest BCUT2D eigenvalue weighted by Crippen LogP contribution is -2.53. The molecule has 2 atom stereocenters. The molecular weight excluding hydrogens is 333 g/mol. The van der Waals surface area contributed by atoms with E-state index < -0.39 is 29.5 Å². The Morgan fingerprint density at radius 3 is 2.58 bits per heavy atom. The maximum Gasteiger partial charge on any atom is 0.251 e. The first-order valence-corrected chi connectivity index (χ1v) is 7.89. The zero-order chi connectivity index (χ0) is 17.5. The van der Waals surface area contributed by atoms with Crippen LogP contribution in [-0.4, -0.2) is 22.7 Å². The maximum atomic E-state index is 13.0. The zero-order valence-corrected chi connectivity index (χ0v) is 14.0. The summed E-state index contributed by atoms with van der Waals surface area (Å²) >= 11 is 6.04. The van der Waals surface area contributed by atoms with Crippen LogP contribution in [0.15, 0.2) is 42.5 Å². The number of halogens is 2. The highest BCUT2D eigenvalue weighted by molar-refractivity contribution is 6.30. The molecule has 126 valence electrons. The highest BCUT2D eigenvalue weighted by Gasteiger charge is 2.43. The molecule has 6 heteroatoms. The fourth-order valence-electron chi connectivity index (χ4n) is 2.75. The quantitative estimate of drug-likeness (QED) is 0.872. The molecule has 2 aromatic carbocycles. The van der Waals surface area contributed by atoms with Crippen LogP contribution in [0.3, 0.4) is 0 Å². The molecule has 2 aromatic rings. The van der Waals surface area contributed by atoms with Gasteiger partial charge in [0.2, 0.25) is 0 Å². The number of nitrogens with one attached hydrogen (secondary N) is 1. The number of rotatable bonds is 2. The lowest BCUT2D eigenvalue weighted by molar-refractivity contribution is -0.0627. The number of carbonyl (C=O) groups excluding carboxylic acids is 1. The van der Waals surface area contributed by atoms with E-state index in [9.17, 15) is 14.3 Å². The van der Waals surface area contributed by atoms with Crippen molar-refractivity contribution < 1.29 is 19.0 Å². The monoisotopic (exact) mass is 349 g/mol. The first kappa shape index (κ1) is 16.7. The standard InChI is InChI=1S/C18H17ClFNO3/c1-18(2)16(22)15(13-9-11(19)5-8-14(13)24-18)21-17(23)10-3-6-12(20)7-4-10/h3-9,15-16,22H,1-2H3,(H,21,23)/t15-,16+/m1/s1. The molecule has 2 N–H and O–H groups in total. The first-order chi connectivity index (χ1) is 11.3. The maximum absolute atomic E-state index is 13.0. The average Bonchev–Trinajstić information content (AvgIpc) is 2.53. The summed E-state index contributed by atoms with van der Waals surface area (Å²) in [5.74, 6) is -0.280. The Balaban J connectivity index is 1.95. The summed E-state index contributed by atoms with van der Waals surface area (Å²) < 4.78 is 18.8. The molecule has 3 rings (SSSR count). The molecule has 1 aliphatic rings. The number of aliphatic hydroxyl groups excluding tert-OH is 1. The Morgan fingerprint density at radius 1 is 1.25 bits per heavy atom. The van der Waals surface area contributed by atoms with Gasteiger partial charge < -0.3 is 15.2 Å². The third kappa shape index (κ3) is 3.09. The summed E-state index contributed by atoms with van der Waals surface area (Å²) in [4.78, 5) is 12.5. The molecule has 0 saturated carbocycles. The molecule has 0 aliphatic carbocycles. The third-order valence-corrected chi connectivity index (χ3v) is 4.34. The van der Waals surface area contributed by atoms with Crippen LogP contribution in [0.2, 0.25) is 5.02 Å². The van der Waals surface area contributed by atoms with Crippen LogP contribution in [-0.2, 0) is 0 Å². The Hall–Kier alpha value is -2.11. The first-order valence-electron chi connectivity index (χ1n) is 7.51. The van der Waals surface area contributed by atoms with Gasteiger partial charge in [-0.25, -0.2) is 4.39 Å². The number of carbonyl (C=O) groups is 1. The molecule has 0 unspecified atom stereocenters. The smallest absolute Gasteiger partial charge is 0.251 e. The van der Waals surface area contributed by atoms with E-state index in [1.54, 1.807) is 32.0 Å². The molecule has 4 nitrogen and oxygen atoms in total. The van der Waals surface area contributed by atoms with Gasteiger partial charge in [-0.2, -0.15) is 0 Å². The van der Waals surface area contributed by atoms with E-state index in [-0.39, 0.29) is 0 Å². The van der Waals surface area contributed by atoms with Crippen molar-refractivity contribution >= 4 is 17.5 Å². The van der Waals surface area contributed by atoms with E-state index in [1.807, 2.05) is 0 Å². The third-order valence-electron chi connectivity index (χ3n) is 4.10. The molecule has 24 heavy (non-hydrogen) atoms. The zero-order valence-electron chi connectivity index (χ0n) is 13.2. The number of benzene rings is 2. The van der Waals surface area contributed by atoms with Gasteiger partial charge in [-0.1, -0.05) is 11.6 Å². The van der Waals surface area contributed by atoms with Crippen LogP contribution in [0.4, 0.5) is 4.39 Å². The van der Waals surface area contributed by atoms with Crippen molar-refractivity contribution in [2.75, 3.05) is 0 Å². The Bertz CT molecular complexity index is 776. The fraction of sp³-hybridized carbons (Fsp3) is 0.278. The topological polar surface area (TPSA) is 58.6 Å². The summed E-state index contributed by atoms with van der Waals surface area (Å²) in [6, 6.07) is 9.56. The highest BCUT2D eigenvalue weighted by Crippen LogP contribution is 2.41. The van der Waals surface area contributed by atoms with Gasteiger partial charge in [0.15, 0.2) is 0 Å². The van der Waals surface area contributed by atoms with Gasteiger partial charge in [0.05, 0.1) is 6.04 Å². The summed E-state index contributed by atoms with van der Waals surface area (Å²) in [6.07, 6.45) is -0.979. The predicted octanol–water partition coefficient (Wildman–Crippen LogP) is 3.48. The normalized spacial score (nSPS) is 21.5. The minimum Gasteiger partial charge on any atom is -0.485 e. The number of amides is 1. The summed E-state index contributed by atoms with van der Waals surface area (Å²) in [5, 5.41) is 13.9. The van der Waals surface area contributed by atoms with E-state index in [0.717, 1.165) is 0 Å². The van der Waals surface area contributed by atoms with E-state index in [2.05, 4.69) is 5.32 Å². The van der Waals surface area contributed by atoms with Gasteiger partial charge in [-0.05, 0) is 56.3 Å². The molecule has 1 amide bonds. The van der Waals surface area contributed by atoms with Crippen molar-refractivity contribution in [2.24, 2.45) is 0 Å². The average molecular weight is 350 g/mol. The summed E-state index contributed by atoms with van der Waals surface area (Å²) in [6.45, 7) is 3.48. The molecule has 0 aromatic heterocycles.